The van der Waals surface area contributed by atoms with Gasteiger partial charge in [-0.05, 0) is 34.7 Å². The molecule has 0 bridgehead atoms. The van der Waals surface area contributed by atoms with Gasteiger partial charge in [0.1, 0.15) is 6.04 Å². The van der Waals surface area contributed by atoms with Gasteiger partial charge in [-0.25, -0.2) is 4.98 Å². The van der Waals surface area contributed by atoms with E-state index in [2.05, 4.69) is 20.6 Å². The summed E-state index contributed by atoms with van der Waals surface area (Å²) in [5.41, 5.74) is 2.75. The number of imidazole rings is 1. The maximum absolute atomic E-state index is 13.3. The Hall–Kier alpha value is -4.26. The number of hydrogen-bond acceptors (Lipinski definition) is 4. The second-order valence-corrected chi connectivity index (χ2v) is 8.77. The van der Waals surface area contributed by atoms with Crippen LogP contribution in [0, 0.1) is 5.92 Å². The Bertz CT molecular complexity index is 1280. The van der Waals surface area contributed by atoms with Crippen molar-refractivity contribution < 1.29 is 14.4 Å². The lowest BCUT2D eigenvalue weighted by Crippen LogP contribution is -2.43. The molecule has 2 atom stereocenters. The summed E-state index contributed by atoms with van der Waals surface area (Å²) >= 11 is 0. The lowest BCUT2D eigenvalue weighted by molar-refractivity contribution is -0.130. The molecule has 1 heterocycles. The molecule has 1 radical (unpaired) electrons. The molecule has 2 amide bonds. The van der Waals surface area contributed by atoms with Crippen molar-refractivity contribution in [1.82, 2.24) is 20.6 Å². The fourth-order valence-electron chi connectivity index (χ4n) is 4.30. The largest absolute Gasteiger partial charge is 0.356 e. The van der Waals surface area contributed by atoms with Gasteiger partial charge in [0.15, 0.2) is 0 Å². The van der Waals surface area contributed by atoms with E-state index < -0.39 is 12.0 Å². The number of carbonyl (C=O) groups is 2. The van der Waals surface area contributed by atoms with Gasteiger partial charge in [-0.15, -0.1) is 0 Å². The van der Waals surface area contributed by atoms with Crippen LogP contribution < -0.4 is 10.6 Å². The molecular formula is C29H29N4O3. The topological polar surface area (TPSA) is 104 Å². The highest BCUT2D eigenvalue weighted by atomic mass is 16.2. The van der Waals surface area contributed by atoms with Gasteiger partial charge >= 0.3 is 0 Å². The molecule has 1 unspecified atom stereocenters. The summed E-state index contributed by atoms with van der Waals surface area (Å²) in [5.74, 6) is -1.21. The summed E-state index contributed by atoms with van der Waals surface area (Å²) in [6.07, 6.45) is 6.39. The van der Waals surface area contributed by atoms with E-state index >= 15 is 0 Å². The third-order valence-corrected chi connectivity index (χ3v) is 6.15. The number of fused-ring (bicyclic) bond motifs is 1. The Balaban J connectivity index is 1.46. The van der Waals surface area contributed by atoms with E-state index in [0.29, 0.717) is 25.1 Å². The van der Waals surface area contributed by atoms with Crippen molar-refractivity contribution in [1.29, 1.82) is 0 Å². The zero-order valence-corrected chi connectivity index (χ0v) is 19.9. The molecule has 0 aliphatic heterocycles. The second kappa shape index (κ2) is 12.4. The van der Waals surface area contributed by atoms with E-state index in [-0.39, 0.29) is 24.7 Å². The van der Waals surface area contributed by atoms with Crippen LogP contribution in [0.4, 0.5) is 0 Å². The first-order valence-electron chi connectivity index (χ1n) is 12.1. The number of hydrogen-bond donors (Lipinski definition) is 3. The molecular weight excluding hydrogens is 452 g/mol. The molecule has 183 valence electrons. The molecule has 0 spiro atoms. The molecule has 0 aliphatic rings. The predicted octanol–water partition coefficient (Wildman–Crippen LogP) is 3.31. The van der Waals surface area contributed by atoms with Crippen LogP contribution in [0.25, 0.3) is 10.8 Å². The summed E-state index contributed by atoms with van der Waals surface area (Å²) < 4.78 is 0. The molecule has 0 saturated carbocycles. The molecule has 4 rings (SSSR count). The maximum Gasteiger partial charge on any atom is 0.224 e. The molecule has 0 fully saturated rings. The molecule has 4 aromatic rings. The highest BCUT2D eigenvalue weighted by Crippen LogP contribution is 2.23. The van der Waals surface area contributed by atoms with E-state index in [1.165, 1.54) is 6.33 Å². The average molecular weight is 482 g/mol. The third kappa shape index (κ3) is 6.88. The quantitative estimate of drug-likeness (QED) is 0.289. The van der Waals surface area contributed by atoms with E-state index in [4.69, 9.17) is 0 Å². The number of H-pyrrole nitrogens is 1. The van der Waals surface area contributed by atoms with Crippen molar-refractivity contribution in [3.63, 3.8) is 0 Å². The lowest BCUT2D eigenvalue weighted by Gasteiger charge is -2.20. The first-order valence-corrected chi connectivity index (χ1v) is 12.1. The number of nitrogens with zero attached hydrogens (tertiary/aromatic N) is 1. The fourth-order valence-corrected chi connectivity index (χ4v) is 4.30. The second-order valence-electron chi connectivity index (χ2n) is 8.77. The summed E-state index contributed by atoms with van der Waals surface area (Å²) in [6.45, 7) is 0.482. The first-order chi connectivity index (χ1) is 17.6. The fraction of sp³-hybridized carbons (Fsp3) is 0.241. The van der Waals surface area contributed by atoms with Gasteiger partial charge in [0.25, 0.3) is 0 Å². The lowest BCUT2D eigenvalue weighted by atomic mass is 9.91. The average Bonchev–Trinajstić information content (AvgIpc) is 3.42. The van der Waals surface area contributed by atoms with Crippen LogP contribution in [0.3, 0.4) is 0 Å². The maximum atomic E-state index is 13.3. The first kappa shape index (κ1) is 24.9. The van der Waals surface area contributed by atoms with Crippen molar-refractivity contribution in [2.45, 2.75) is 31.7 Å². The van der Waals surface area contributed by atoms with Crippen LogP contribution in [0.5, 0.6) is 0 Å². The molecule has 3 aromatic carbocycles. The van der Waals surface area contributed by atoms with E-state index in [1.807, 2.05) is 79.1 Å². The predicted molar refractivity (Wildman–Crippen MR) is 139 cm³/mol. The van der Waals surface area contributed by atoms with Crippen LogP contribution >= 0.6 is 0 Å². The van der Waals surface area contributed by atoms with Crippen LogP contribution in [0.2, 0.25) is 0 Å². The smallest absolute Gasteiger partial charge is 0.224 e. The Morgan fingerprint density at radius 2 is 1.72 bits per heavy atom. The van der Waals surface area contributed by atoms with Crippen LogP contribution in [-0.2, 0) is 33.6 Å². The SMILES string of the molecule is O=[C][C@H](Cc1c[nH]cn1)NC(=O)C(CC(=O)NCCc1ccccc1)Cc1cccc2ccccc12. The van der Waals surface area contributed by atoms with Crippen molar-refractivity contribution in [2.24, 2.45) is 5.92 Å². The summed E-state index contributed by atoms with van der Waals surface area (Å²) in [4.78, 5) is 44.7. The van der Waals surface area contributed by atoms with Crippen molar-refractivity contribution in [3.8, 4) is 0 Å². The van der Waals surface area contributed by atoms with Gasteiger partial charge in [0, 0.05) is 25.6 Å². The van der Waals surface area contributed by atoms with E-state index in [1.54, 1.807) is 6.20 Å². The molecule has 0 saturated heterocycles. The van der Waals surface area contributed by atoms with Gasteiger partial charge in [-0.3, -0.25) is 14.4 Å². The van der Waals surface area contributed by atoms with Gasteiger partial charge in [-0.2, -0.15) is 0 Å². The van der Waals surface area contributed by atoms with Gasteiger partial charge in [-0.1, -0.05) is 72.8 Å². The van der Waals surface area contributed by atoms with Gasteiger partial charge in [0.2, 0.25) is 18.1 Å². The van der Waals surface area contributed by atoms with E-state index in [0.717, 1.165) is 21.9 Å². The number of aromatic nitrogens is 2. The third-order valence-electron chi connectivity index (χ3n) is 6.15. The molecule has 7 heteroatoms. The molecule has 3 N–H and O–H groups in total. The number of benzene rings is 3. The number of rotatable bonds is 12. The summed E-state index contributed by atoms with van der Waals surface area (Å²) in [7, 11) is 0. The Labute approximate surface area is 210 Å². The molecule has 7 nitrogen and oxygen atoms in total. The molecule has 36 heavy (non-hydrogen) atoms. The van der Waals surface area contributed by atoms with Crippen molar-refractivity contribution >= 4 is 28.9 Å². The Morgan fingerprint density at radius 1 is 0.944 bits per heavy atom. The van der Waals surface area contributed by atoms with Crippen LogP contribution in [0.1, 0.15) is 23.2 Å². The minimum absolute atomic E-state index is 0.0117. The minimum Gasteiger partial charge on any atom is -0.356 e. The summed E-state index contributed by atoms with van der Waals surface area (Å²) in [5, 5.41) is 7.80. The van der Waals surface area contributed by atoms with Crippen LogP contribution in [-0.4, -0.2) is 40.7 Å². The number of nitrogens with one attached hydrogen (secondary N) is 3. The Morgan fingerprint density at radius 3 is 2.50 bits per heavy atom. The normalized spacial score (nSPS) is 12.6. The number of aromatic amines is 1. The molecule has 0 aliphatic carbocycles. The summed E-state index contributed by atoms with van der Waals surface area (Å²) in [6, 6.07) is 23.0. The van der Waals surface area contributed by atoms with Gasteiger partial charge in [0.05, 0.1) is 17.9 Å². The van der Waals surface area contributed by atoms with E-state index in [9.17, 15) is 14.4 Å². The van der Waals surface area contributed by atoms with Crippen molar-refractivity contribution in [3.05, 3.63) is 102 Å². The van der Waals surface area contributed by atoms with Crippen LogP contribution in [0.15, 0.2) is 85.3 Å². The number of carbonyl (C=O) groups excluding carboxylic acids is 3. The highest BCUT2D eigenvalue weighted by Gasteiger charge is 2.26. The minimum atomic E-state index is -0.850. The van der Waals surface area contributed by atoms with Crippen molar-refractivity contribution in [2.75, 3.05) is 6.54 Å². The monoisotopic (exact) mass is 481 g/mol. The standard InChI is InChI=1S/C29H29N4O3/c34-19-26(17-25-18-30-20-32-25)33-29(36)24(15-23-11-6-10-22-9-4-5-12-27(22)23)16-28(35)31-14-13-21-7-2-1-3-8-21/h1-12,18,20,24,26H,13-17H2,(H,30,32)(H,31,35)(H,33,36)/t24?,26-/m0/s1. The highest BCUT2D eigenvalue weighted by molar-refractivity contribution is 5.89. The zero-order valence-electron chi connectivity index (χ0n) is 19.9. The Kier molecular flexibility index (Phi) is 8.59. The zero-order chi connectivity index (χ0) is 25.2. The number of amides is 2. The van der Waals surface area contributed by atoms with Gasteiger partial charge < -0.3 is 15.6 Å². The molecule has 1 aromatic heterocycles.